The number of thiophene rings is 1. The van der Waals surface area contributed by atoms with Gasteiger partial charge >= 0.3 is 0 Å². The first kappa shape index (κ1) is 15.7. The van der Waals surface area contributed by atoms with Crippen LogP contribution in [0.2, 0.25) is 0 Å². The van der Waals surface area contributed by atoms with Gasteiger partial charge in [-0.1, -0.05) is 13.8 Å². The van der Waals surface area contributed by atoms with Crippen molar-refractivity contribution in [3.8, 4) is 11.5 Å². The van der Waals surface area contributed by atoms with Gasteiger partial charge in [-0.25, -0.2) is 4.98 Å². The Bertz CT molecular complexity index is 981. The van der Waals surface area contributed by atoms with E-state index in [4.69, 9.17) is 15.2 Å². The van der Waals surface area contributed by atoms with Crippen molar-refractivity contribution < 1.29 is 14.3 Å². The van der Waals surface area contributed by atoms with E-state index in [-0.39, 0.29) is 12.7 Å². The summed E-state index contributed by atoms with van der Waals surface area (Å²) in [5.74, 6) is 1.35. The Labute approximate surface area is 148 Å². The third kappa shape index (κ3) is 2.76. The fourth-order valence-corrected chi connectivity index (χ4v) is 3.66. The molecule has 0 fully saturated rings. The second-order valence-corrected chi connectivity index (χ2v) is 7.11. The lowest BCUT2D eigenvalue weighted by atomic mass is 10.1. The Kier molecular flexibility index (Phi) is 3.73. The van der Waals surface area contributed by atoms with Crippen LogP contribution in [0, 0.1) is 0 Å². The summed E-state index contributed by atoms with van der Waals surface area (Å²) >= 11 is 1.30. The van der Waals surface area contributed by atoms with Crippen molar-refractivity contribution in [3.05, 3.63) is 40.9 Å². The molecule has 1 amide bonds. The monoisotopic (exact) mass is 355 g/mol. The van der Waals surface area contributed by atoms with Crippen LogP contribution in [0.1, 0.15) is 35.1 Å². The standard InChI is InChI=1S/C18H17N3O3S/c1-9(2)12-5-4-11-15(19)16(25-18(11)21-12)17(22)20-10-3-6-13-14(7-10)24-8-23-13/h3-7,9H,8,19H2,1-2H3,(H,20,22). The summed E-state index contributed by atoms with van der Waals surface area (Å²) in [5.41, 5.74) is 8.24. The van der Waals surface area contributed by atoms with Crippen molar-refractivity contribution in [1.29, 1.82) is 0 Å². The molecule has 6 nitrogen and oxygen atoms in total. The quantitative estimate of drug-likeness (QED) is 0.742. The molecule has 0 saturated carbocycles. The highest BCUT2D eigenvalue weighted by molar-refractivity contribution is 7.21. The van der Waals surface area contributed by atoms with Gasteiger partial charge in [-0.2, -0.15) is 0 Å². The molecule has 25 heavy (non-hydrogen) atoms. The smallest absolute Gasteiger partial charge is 0.267 e. The molecule has 3 N–H and O–H groups in total. The van der Waals surface area contributed by atoms with Crippen LogP contribution >= 0.6 is 11.3 Å². The van der Waals surface area contributed by atoms with Crippen LogP contribution in [0.5, 0.6) is 11.5 Å². The number of carbonyl (C=O) groups is 1. The lowest BCUT2D eigenvalue weighted by Crippen LogP contribution is -2.11. The van der Waals surface area contributed by atoms with Gasteiger partial charge in [0.2, 0.25) is 6.79 Å². The third-order valence-corrected chi connectivity index (χ3v) is 5.16. The van der Waals surface area contributed by atoms with E-state index in [1.54, 1.807) is 18.2 Å². The molecule has 0 radical (unpaired) electrons. The molecule has 2 aromatic heterocycles. The number of amides is 1. The Morgan fingerprint density at radius 2 is 2.04 bits per heavy atom. The zero-order valence-corrected chi connectivity index (χ0v) is 14.6. The maximum absolute atomic E-state index is 12.6. The van der Waals surface area contributed by atoms with Gasteiger partial charge in [0, 0.05) is 22.8 Å². The van der Waals surface area contributed by atoms with Gasteiger partial charge in [0.05, 0.1) is 5.69 Å². The first-order chi connectivity index (χ1) is 12.0. The number of hydrogen-bond acceptors (Lipinski definition) is 6. The molecule has 0 aliphatic carbocycles. The van der Waals surface area contributed by atoms with Crippen LogP contribution in [-0.4, -0.2) is 17.7 Å². The van der Waals surface area contributed by atoms with Crippen molar-refractivity contribution in [2.24, 2.45) is 0 Å². The van der Waals surface area contributed by atoms with Crippen LogP contribution in [0.3, 0.4) is 0 Å². The summed E-state index contributed by atoms with van der Waals surface area (Å²) in [6, 6.07) is 9.15. The van der Waals surface area contributed by atoms with Gasteiger partial charge in [-0.15, -0.1) is 11.3 Å². The SMILES string of the molecule is CC(C)c1ccc2c(N)c(C(=O)Nc3ccc4c(c3)OCO4)sc2n1. The highest BCUT2D eigenvalue weighted by Crippen LogP contribution is 2.36. The molecule has 4 rings (SSSR count). The van der Waals surface area contributed by atoms with Crippen LogP contribution in [0.15, 0.2) is 30.3 Å². The van der Waals surface area contributed by atoms with E-state index in [1.165, 1.54) is 11.3 Å². The number of fused-ring (bicyclic) bond motifs is 2. The molecule has 0 atom stereocenters. The van der Waals surface area contributed by atoms with Crippen LogP contribution in [0.4, 0.5) is 11.4 Å². The number of anilines is 2. The fraction of sp³-hybridized carbons (Fsp3) is 0.222. The molecule has 0 bridgehead atoms. The van der Waals surface area contributed by atoms with Gasteiger partial charge in [-0.05, 0) is 30.2 Å². The maximum Gasteiger partial charge on any atom is 0.267 e. The number of nitrogens with two attached hydrogens (primary N) is 1. The van der Waals surface area contributed by atoms with Crippen LogP contribution in [0.25, 0.3) is 10.2 Å². The van der Waals surface area contributed by atoms with Gasteiger partial charge in [0.1, 0.15) is 9.71 Å². The highest BCUT2D eigenvalue weighted by atomic mass is 32.1. The van der Waals surface area contributed by atoms with Gasteiger partial charge in [0.25, 0.3) is 5.91 Å². The van der Waals surface area contributed by atoms with Crippen molar-refractivity contribution in [2.45, 2.75) is 19.8 Å². The minimum Gasteiger partial charge on any atom is -0.454 e. The summed E-state index contributed by atoms with van der Waals surface area (Å²) < 4.78 is 10.6. The molecule has 128 valence electrons. The van der Waals surface area contributed by atoms with Crippen molar-refractivity contribution in [3.63, 3.8) is 0 Å². The van der Waals surface area contributed by atoms with E-state index in [1.807, 2.05) is 12.1 Å². The van der Waals surface area contributed by atoms with E-state index in [9.17, 15) is 4.79 Å². The highest BCUT2D eigenvalue weighted by Gasteiger charge is 2.19. The minimum absolute atomic E-state index is 0.194. The number of nitrogen functional groups attached to an aromatic ring is 1. The summed E-state index contributed by atoms with van der Waals surface area (Å²) in [6.45, 7) is 4.36. The molecule has 7 heteroatoms. The molecule has 3 aromatic rings. The third-order valence-electron chi connectivity index (χ3n) is 4.04. The summed E-state index contributed by atoms with van der Waals surface area (Å²) in [4.78, 5) is 18.5. The molecule has 0 unspecified atom stereocenters. The molecule has 3 heterocycles. The normalized spacial score (nSPS) is 12.8. The average Bonchev–Trinajstić information content (AvgIpc) is 3.18. The summed E-state index contributed by atoms with van der Waals surface area (Å²) in [6.07, 6.45) is 0. The number of carbonyl (C=O) groups excluding carboxylic acids is 1. The van der Waals surface area contributed by atoms with E-state index < -0.39 is 0 Å². The van der Waals surface area contributed by atoms with E-state index in [0.717, 1.165) is 15.9 Å². The minimum atomic E-state index is -0.259. The molecular weight excluding hydrogens is 338 g/mol. The number of nitrogens with one attached hydrogen (secondary N) is 1. The fourth-order valence-electron chi connectivity index (χ4n) is 2.66. The largest absolute Gasteiger partial charge is 0.454 e. The van der Waals surface area contributed by atoms with E-state index in [0.29, 0.717) is 33.7 Å². The van der Waals surface area contributed by atoms with Crippen LogP contribution < -0.4 is 20.5 Å². The number of ether oxygens (including phenoxy) is 2. The Balaban J connectivity index is 1.64. The number of nitrogens with zero attached hydrogens (tertiary/aromatic N) is 1. The predicted octanol–water partition coefficient (Wildman–Crippen LogP) is 3.98. The number of rotatable bonds is 3. The molecule has 1 aliphatic heterocycles. The summed E-state index contributed by atoms with van der Waals surface area (Å²) in [7, 11) is 0. The first-order valence-corrected chi connectivity index (χ1v) is 8.74. The zero-order valence-electron chi connectivity index (χ0n) is 13.8. The molecule has 1 aliphatic rings. The first-order valence-electron chi connectivity index (χ1n) is 7.93. The second kappa shape index (κ2) is 5.93. The Morgan fingerprint density at radius 1 is 1.24 bits per heavy atom. The lowest BCUT2D eigenvalue weighted by molar-refractivity contribution is 0.103. The topological polar surface area (TPSA) is 86.5 Å². The zero-order chi connectivity index (χ0) is 17.6. The van der Waals surface area contributed by atoms with Crippen molar-refractivity contribution in [2.75, 3.05) is 17.8 Å². The lowest BCUT2D eigenvalue weighted by Gasteiger charge is -2.05. The second-order valence-electron chi connectivity index (χ2n) is 6.11. The van der Waals surface area contributed by atoms with Crippen molar-refractivity contribution >= 4 is 38.8 Å². The maximum atomic E-state index is 12.6. The Hall–Kier alpha value is -2.80. The number of pyridine rings is 1. The molecule has 0 saturated heterocycles. The Morgan fingerprint density at radius 3 is 2.84 bits per heavy atom. The molecule has 1 aromatic carbocycles. The van der Waals surface area contributed by atoms with Crippen LogP contribution in [-0.2, 0) is 0 Å². The molecular formula is C18H17N3O3S. The number of hydrogen-bond donors (Lipinski definition) is 2. The van der Waals surface area contributed by atoms with Gasteiger partial charge in [-0.3, -0.25) is 4.79 Å². The predicted molar refractivity (Wildman–Crippen MR) is 98.6 cm³/mol. The molecule has 0 spiro atoms. The number of aromatic nitrogens is 1. The average molecular weight is 355 g/mol. The van der Waals surface area contributed by atoms with E-state index in [2.05, 4.69) is 24.1 Å². The summed E-state index contributed by atoms with van der Waals surface area (Å²) in [5, 5.41) is 3.67. The van der Waals surface area contributed by atoms with E-state index >= 15 is 0 Å². The van der Waals surface area contributed by atoms with Gasteiger partial charge in [0.15, 0.2) is 11.5 Å². The van der Waals surface area contributed by atoms with Gasteiger partial charge < -0.3 is 20.5 Å². The van der Waals surface area contributed by atoms with Crippen molar-refractivity contribution in [1.82, 2.24) is 4.98 Å². The number of benzene rings is 1.